The number of ether oxygens (including phenoxy) is 3. The second kappa shape index (κ2) is 6.27. The third kappa shape index (κ3) is 2.99. The summed E-state index contributed by atoms with van der Waals surface area (Å²) < 4.78 is 17.0. The van der Waals surface area contributed by atoms with Gasteiger partial charge in [0.2, 0.25) is 0 Å². The number of H-pyrrole nitrogens is 1. The van der Waals surface area contributed by atoms with E-state index in [4.69, 9.17) is 14.2 Å². The van der Waals surface area contributed by atoms with E-state index in [0.717, 1.165) is 0 Å². The summed E-state index contributed by atoms with van der Waals surface area (Å²) in [7, 11) is 1.44. The molecule has 25 heavy (non-hydrogen) atoms. The first kappa shape index (κ1) is 17.1. The minimum atomic E-state index is -1.06. The van der Waals surface area contributed by atoms with Crippen LogP contribution in [0, 0.1) is 5.92 Å². The number of nitrogens with one attached hydrogen (secondary N) is 1. The molecule has 1 aromatic rings. The van der Waals surface area contributed by atoms with E-state index in [-0.39, 0.29) is 16.9 Å². The lowest BCUT2D eigenvalue weighted by atomic mass is 9.77. The van der Waals surface area contributed by atoms with Crippen molar-refractivity contribution in [3.05, 3.63) is 57.9 Å². The summed E-state index contributed by atoms with van der Waals surface area (Å²) in [6.07, 6.45) is 2.83. The number of aliphatic hydroxyl groups is 1. The Bertz CT molecular complexity index is 843. The maximum absolute atomic E-state index is 11.5. The summed E-state index contributed by atoms with van der Waals surface area (Å²) in [4.78, 5) is 25.6. The molecule has 0 aromatic carbocycles. The number of pyridine rings is 1. The molecule has 7 heteroatoms. The smallest absolute Gasteiger partial charge is 0.251 e. The molecule has 3 rings (SSSR count). The van der Waals surface area contributed by atoms with E-state index in [9.17, 15) is 14.7 Å². The van der Waals surface area contributed by atoms with Gasteiger partial charge in [-0.1, -0.05) is 0 Å². The highest BCUT2D eigenvalue weighted by Crippen LogP contribution is 2.43. The van der Waals surface area contributed by atoms with Gasteiger partial charge in [0.1, 0.15) is 41.0 Å². The molecular formula is C18H19NO6. The number of aliphatic hydroxyl groups excluding tert-OH is 1. The highest BCUT2D eigenvalue weighted by molar-refractivity contribution is 5.64. The van der Waals surface area contributed by atoms with E-state index in [1.165, 1.54) is 19.4 Å². The zero-order valence-electron chi connectivity index (χ0n) is 14.1. The van der Waals surface area contributed by atoms with Gasteiger partial charge < -0.3 is 24.3 Å². The summed E-state index contributed by atoms with van der Waals surface area (Å²) in [5.41, 5.74) is -1.08. The molecule has 0 saturated carbocycles. The van der Waals surface area contributed by atoms with E-state index >= 15 is 0 Å². The van der Waals surface area contributed by atoms with Gasteiger partial charge in [-0.15, -0.1) is 0 Å². The Labute approximate surface area is 144 Å². The summed E-state index contributed by atoms with van der Waals surface area (Å²) in [5.74, 6) is 2.27. The van der Waals surface area contributed by atoms with Crippen molar-refractivity contribution in [3.8, 4) is 5.75 Å². The number of carbonyl (C=O) groups excluding carboxylic acids is 1. The standard InChI is InChI=1S/C18H19NO6/c1-18(2)17(22)16(24-10-6-7-19-14(21)8-10)15-11(9-20)12(23-3)4-5-13(15)25-18/h4-8,15-17,22H,1-3H3,(H,19,21). The van der Waals surface area contributed by atoms with Crippen LogP contribution in [0.2, 0.25) is 0 Å². The van der Waals surface area contributed by atoms with Crippen molar-refractivity contribution in [2.45, 2.75) is 31.7 Å². The van der Waals surface area contributed by atoms with Crippen molar-refractivity contribution in [1.82, 2.24) is 4.98 Å². The Morgan fingerprint density at radius 1 is 1.36 bits per heavy atom. The molecule has 3 atom stereocenters. The molecule has 2 N–H and O–H groups in total. The normalized spacial score (nSPS) is 27.2. The Balaban J connectivity index is 2.06. The molecular weight excluding hydrogens is 326 g/mol. The van der Waals surface area contributed by atoms with Crippen LogP contribution in [0.15, 0.2) is 52.4 Å². The Morgan fingerprint density at radius 3 is 2.76 bits per heavy atom. The fraction of sp³-hybridized carbons (Fsp3) is 0.389. The van der Waals surface area contributed by atoms with Gasteiger partial charge >= 0.3 is 0 Å². The van der Waals surface area contributed by atoms with Crippen molar-refractivity contribution in [3.63, 3.8) is 0 Å². The molecule has 132 valence electrons. The predicted octanol–water partition coefficient (Wildman–Crippen LogP) is 1.09. The third-order valence-corrected chi connectivity index (χ3v) is 4.36. The number of fused-ring (bicyclic) bond motifs is 1. The van der Waals surface area contributed by atoms with Crippen LogP contribution >= 0.6 is 0 Å². The zero-order chi connectivity index (χ0) is 18.2. The SMILES string of the molecule is COC1=CC=C2OC(C)(C)C(O)C(Oc3cc[nH]c(=O)c3)C2C1=C=O. The first-order valence-corrected chi connectivity index (χ1v) is 7.81. The number of aromatic amines is 1. The number of allylic oxidation sites excluding steroid dienone is 3. The second-order valence-electron chi connectivity index (χ2n) is 6.42. The van der Waals surface area contributed by atoms with Gasteiger partial charge in [0.25, 0.3) is 5.56 Å². The number of aromatic nitrogens is 1. The minimum Gasteiger partial charge on any atom is -0.496 e. The molecule has 7 nitrogen and oxygen atoms in total. The van der Waals surface area contributed by atoms with Gasteiger partial charge in [-0.05, 0) is 32.1 Å². The molecule has 0 radical (unpaired) electrons. The summed E-state index contributed by atoms with van der Waals surface area (Å²) in [6, 6.07) is 2.85. The van der Waals surface area contributed by atoms with E-state index < -0.39 is 23.7 Å². The molecule has 1 aliphatic heterocycles. The molecule has 0 bridgehead atoms. The molecule has 1 fully saturated rings. The molecule has 2 aliphatic rings. The molecule has 3 unspecified atom stereocenters. The number of hydrogen-bond donors (Lipinski definition) is 2. The van der Waals surface area contributed by atoms with Gasteiger partial charge in [0, 0.05) is 12.3 Å². The van der Waals surface area contributed by atoms with E-state index in [1.807, 2.05) is 5.94 Å². The zero-order valence-corrected chi connectivity index (χ0v) is 14.1. The van der Waals surface area contributed by atoms with Crippen molar-refractivity contribution in [2.75, 3.05) is 7.11 Å². The lowest BCUT2D eigenvalue weighted by molar-refractivity contribution is -0.161. The van der Waals surface area contributed by atoms with E-state index in [0.29, 0.717) is 11.5 Å². The monoisotopic (exact) mass is 345 g/mol. The quantitative estimate of drug-likeness (QED) is 0.796. The van der Waals surface area contributed by atoms with Gasteiger partial charge in [-0.2, -0.15) is 0 Å². The van der Waals surface area contributed by atoms with Gasteiger partial charge in [-0.25, -0.2) is 4.79 Å². The van der Waals surface area contributed by atoms with Crippen molar-refractivity contribution < 1.29 is 24.1 Å². The number of methoxy groups -OCH3 is 1. The average Bonchev–Trinajstić information content (AvgIpc) is 2.57. The van der Waals surface area contributed by atoms with Crippen molar-refractivity contribution >= 4 is 5.94 Å². The summed E-state index contributed by atoms with van der Waals surface area (Å²) >= 11 is 0. The van der Waals surface area contributed by atoms with Crippen LogP contribution in [-0.2, 0) is 14.3 Å². The van der Waals surface area contributed by atoms with Crippen LogP contribution in [0.5, 0.6) is 5.75 Å². The molecule has 1 aliphatic carbocycles. The van der Waals surface area contributed by atoms with Crippen molar-refractivity contribution in [2.24, 2.45) is 5.92 Å². The van der Waals surface area contributed by atoms with Crippen LogP contribution in [0.3, 0.4) is 0 Å². The summed E-state index contributed by atoms with van der Waals surface area (Å²) in [5, 5.41) is 10.8. The van der Waals surface area contributed by atoms with Gasteiger partial charge in [0.15, 0.2) is 0 Å². The lowest BCUT2D eigenvalue weighted by Gasteiger charge is -2.47. The van der Waals surface area contributed by atoms with Crippen LogP contribution in [0.4, 0.5) is 0 Å². The Kier molecular flexibility index (Phi) is 4.29. The minimum absolute atomic E-state index is 0.199. The third-order valence-electron chi connectivity index (χ3n) is 4.36. The molecule has 0 spiro atoms. The largest absolute Gasteiger partial charge is 0.496 e. The lowest BCUT2D eigenvalue weighted by Crippen LogP contribution is -2.57. The molecule has 1 saturated heterocycles. The second-order valence-corrected chi connectivity index (χ2v) is 6.42. The van der Waals surface area contributed by atoms with Gasteiger partial charge in [0.05, 0.1) is 18.6 Å². The Hall–Kier alpha value is -2.76. The maximum atomic E-state index is 11.5. The first-order chi connectivity index (χ1) is 11.9. The van der Waals surface area contributed by atoms with Crippen LogP contribution in [0.1, 0.15) is 13.8 Å². The van der Waals surface area contributed by atoms with Crippen LogP contribution in [0.25, 0.3) is 0 Å². The van der Waals surface area contributed by atoms with E-state index in [2.05, 4.69) is 4.98 Å². The van der Waals surface area contributed by atoms with Crippen molar-refractivity contribution in [1.29, 1.82) is 0 Å². The predicted molar refractivity (Wildman–Crippen MR) is 88.5 cm³/mol. The molecule has 1 aromatic heterocycles. The number of rotatable bonds is 3. The highest BCUT2D eigenvalue weighted by Gasteiger charge is 2.52. The fourth-order valence-electron chi connectivity index (χ4n) is 3.09. The topological polar surface area (TPSA) is 97.8 Å². The average molecular weight is 345 g/mol. The molecule has 2 heterocycles. The van der Waals surface area contributed by atoms with Crippen LogP contribution in [-0.4, -0.2) is 41.0 Å². The molecule has 0 amide bonds. The van der Waals surface area contributed by atoms with Crippen LogP contribution < -0.4 is 10.3 Å². The van der Waals surface area contributed by atoms with E-state index in [1.54, 1.807) is 32.1 Å². The fourth-order valence-corrected chi connectivity index (χ4v) is 3.09. The van der Waals surface area contributed by atoms with Gasteiger partial charge in [-0.3, -0.25) is 4.79 Å². The Morgan fingerprint density at radius 2 is 2.12 bits per heavy atom. The maximum Gasteiger partial charge on any atom is 0.251 e. The summed E-state index contributed by atoms with van der Waals surface area (Å²) in [6.45, 7) is 3.45. The first-order valence-electron chi connectivity index (χ1n) is 7.81. The highest BCUT2D eigenvalue weighted by atomic mass is 16.6. The number of hydrogen-bond acceptors (Lipinski definition) is 6.